The number of aromatic nitrogens is 5. The number of fused-ring (bicyclic) bond motifs is 2. The number of aromatic amines is 2. The van der Waals surface area contributed by atoms with Gasteiger partial charge in [-0.25, -0.2) is 17.8 Å². The van der Waals surface area contributed by atoms with Crippen molar-refractivity contribution in [3.05, 3.63) is 84.6 Å². The average Bonchev–Trinajstić information content (AvgIpc) is 3.55. The number of hydrogen-bond acceptors (Lipinski definition) is 6. The minimum absolute atomic E-state index is 0.0349. The van der Waals surface area contributed by atoms with Crippen LogP contribution in [0.2, 0.25) is 0 Å². The molecule has 0 aliphatic rings. The number of nitrogens with one attached hydrogen (secondary N) is 2. The van der Waals surface area contributed by atoms with Crippen LogP contribution in [0.5, 0.6) is 0 Å². The molecule has 10 heteroatoms. The predicted molar refractivity (Wildman–Crippen MR) is 158 cm³/mol. The van der Waals surface area contributed by atoms with Crippen molar-refractivity contribution in [3.63, 3.8) is 0 Å². The predicted octanol–water partition coefficient (Wildman–Crippen LogP) is 5.63. The summed E-state index contributed by atoms with van der Waals surface area (Å²) in [6.07, 6.45) is 6.85. The first kappa shape index (κ1) is 25.7. The Bertz CT molecular complexity index is 1990. The molecule has 2 N–H and O–H groups in total. The Labute approximate surface area is 230 Å². The number of anilines is 1. The van der Waals surface area contributed by atoms with Crippen LogP contribution in [0.25, 0.3) is 55.6 Å². The molecule has 40 heavy (non-hydrogen) atoms. The summed E-state index contributed by atoms with van der Waals surface area (Å²) in [4.78, 5) is 14.4. The summed E-state index contributed by atoms with van der Waals surface area (Å²) < 4.78 is 37.9. The molecule has 0 fully saturated rings. The number of pyridine rings is 2. The highest BCUT2D eigenvalue weighted by Crippen LogP contribution is 2.35. The molecule has 2 aromatic carbocycles. The monoisotopic (exact) mass is 554 g/mol. The van der Waals surface area contributed by atoms with Crippen molar-refractivity contribution >= 4 is 37.5 Å². The second-order valence-corrected chi connectivity index (χ2v) is 12.5. The Morgan fingerprint density at radius 1 is 0.925 bits per heavy atom. The second-order valence-electron chi connectivity index (χ2n) is 10.2. The molecule has 0 aliphatic carbocycles. The van der Waals surface area contributed by atoms with E-state index in [1.54, 1.807) is 6.20 Å². The number of H-pyrrole nitrogens is 2. The van der Waals surface area contributed by atoms with Gasteiger partial charge in [0.15, 0.2) is 5.65 Å². The van der Waals surface area contributed by atoms with Crippen molar-refractivity contribution in [3.8, 4) is 33.6 Å². The van der Waals surface area contributed by atoms with Crippen LogP contribution in [0.15, 0.2) is 73.2 Å². The summed E-state index contributed by atoms with van der Waals surface area (Å²) in [5.74, 6) is -0.438. The van der Waals surface area contributed by atoms with Crippen molar-refractivity contribution in [2.45, 2.75) is 6.42 Å². The van der Waals surface area contributed by atoms with E-state index in [4.69, 9.17) is 0 Å². The zero-order chi connectivity index (χ0) is 28.0. The Balaban J connectivity index is 1.42. The minimum Gasteiger partial charge on any atom is -0.376 e. The van der Waals surface area contributed by atoms with Gasteiger partial charge in [0.2, 0.25) is 0 Å². The Morgan fingerprint density at radius 2 is 1.75 bits per heavy atom. The average molecular weight is 555 g/mol. The van der Waals surface area contributed by atoms with E-state index in [1.807, 2.05) is 67.8 Å². The summed E-state index contributed by atoms with van der Waals surface area (Å²) in [5.41, 5.74) is 8.10. The molecular weight excluding hydrogens is 527 g/mol. The molecule has 4 heterocycles. The van der Waals surface area contributed by atoms with E-state index in [0.29, 0.717) is 16.8 Å². The quantitative estimate of drug-likeness (QED) is 0.265. The van der Waals surface area contributed by atoms with Gasteiger partial charge in [-0.3, -0.25) is 10.1 Å². The van der Waals surface area contributed by atoms with E-state index < -0.39 is 15.7 Å². The van der Waals surface area contributed by atoms with Gasteiger partial charge >= 0.3 is 0 Å². The highest BCUT2D eigenvalue weighted by Gasteiger charge is 2.16. The maximum Gasteiger partial charge on any atom is 0.181 e. The van der Waals surface area contributed by atoms with Crippen LogP contribution in [0.4, 0.5) is 10.1 Å². The molecule has 0 bridgehead atoms. The molecule has 8 nitrogen and oxygen atoms in total. The molecule has 6 rings (SSSR count). The van der Waals surface area contributed by atoms with Crippen molar-refractivity contribution < 1.29 is 12.8 Å². The summed E-state index contributed by atoms with van der Waals surface area (Å²) in [6, 6.07) is 16.7. The lowest BCUT2D eigenvalue weighted by molar-refractivity contribution is 0.600. The molecule has 0 saturated carbocycles. The van der Waals surface area contributed by atoms with Crippen molar-refractivity contribution in [2.24, 2.45) is 0 Å². The van der Waals surface area contributed by atoms with Gasteiger partial charge in [0.05, 0.1) is 29.0 Å². The first-order valence-corrected chi connectivity index (χ1v) is 14.8. The molecule has 0 aliphatic heterocycles. The molecule has 0 spiro atoms. The van der Waals surface area contributed by atoms with E-state index in [1.165, 1.54) is 18.4 Å². The number of rotatable bonds is 7. The molecule has 0 amide bonds. The first-order valence-electron chi connectivity index (χ1n) is 12.7. The van der Waals surface area contributed by atoms with Gasteiger partial charge < -0.3 is 9.88 Å². The largest absolute Gasteiger partial charge is 0.376 e. The highest BCUT2D eigenvalue weighted by atomic mass is 32.2. The van der Waals surface area contributed by atoms with Crippen LogP contribution in [-0.2, 0) is 16.3 Å². The highest BCUT2D eigenvalue weighted by molar-refractivity contribution is 7.90. The third-order valence-electron chi connectivity index (χ3n) is 6.95. The number of sulfone groups is 1. The molecule has 0 unspecified atom stereocenters. The number of halogens is 1. The first-order chi connectivity index (χ1) is 19.1. The molecule has 6 aromatic rings. The molecule has 202 valence electrons. The van der Waals surface area contributed by atoms with Gasteiger partial charge in [0, 0.05) is 60.2 Å². The van der Waals surface area contributed by atoms with Gasteiger partial charge in [0.1, 0.15) is 15.7 Å². The lowest BCUT2D eigenvalue weighted by Crippen LogP contribution is -2.08. The van der Waals surface area contributed by atoms with Crippen molar-refractivity contribution in [1.29, 1.82) is 0 Å². The Kier molecular flexibility index (Phi) is 6.34. The Morgan fingerprint density at radius 3 is 2.55 bits per heavy atom. The molecular formula is C30H27FN6O2S. The van der Waals surface area contributed by atoms with Gasteiger partial charge in [0.25, 0.3) is 0 Å². The third kappa shape index (κ3) is 5.05. The lowest BCUT2D eigenvalue weighted by atomic mass is 9.98. The summed E-state index contributed by atoms with van der Waals surface area (Å²) >= 11 is 0. The zero-order valence-electron chi connectivity index (χ0n) is 22.2. The second kappa shape index (κ2) is 9.87. The van der Waals surface area contributed by atoms with Gasteiger partial charge in [-0.15, -0.1) is 0 Å². The number of hydrogen-bond donors (Lipinski definition) is 2. The van der Waals surface area contributed by atoms with E-state index in [-0.39, 0.29) is 12.2 Å². The smallest absolute Gasteiger partial charge is 0.181 e. The van der Waals surface area contributed by atoms with E-state index >= 15 is 0 Å². The standard InChI is InChI=1S/C30H27FN6O2S/c1-37(2)23-12-20(15-32-17-23)21-13-26-29(35-36-30(26)33-16-21)28-14-25-24(5-4-6-27(25)34-28)19-9-18(10-22(31)11-19)7-8-40(3,38)39/h4-6,9-17,34H,7-8H2,1-3H3,(H,33,35,36). The van der Waals surface area contributed by atoms with Crippen LogP contribution >= 0.6 is 0 Å². The van der Waals surface area contributed by atoms with Gasteiger partial charge in [-0.1, -0.05) is 18.2 Å². The minimum atomic E-state index is -3.16. The van der Waals surface area contributed by atoms with Crippen LogP contribution in [0.1, 0.15) is 5.56 Å². The normalized spacial score (nSPS) is 11.9. The van der Waals surface area contributed by atoms with E-state index in [0.717, 1.165) is 50.1 Å². The maximum atomic E-state index is 14.6. The third-order valence-corrected chi connectivity index (χ3v) is 7.89. The SMILES string of the molecule is CN(C)c1cncc(-c2cnc3n[nH]c(-c4cc5c(-c6cc(F)cc(CCS(C)(=O)=O)c6)cccc5[nH]4)c3c2)c1. The lowest BCUT2D eigenvalue weighted by Gasteiger charge is -2.12. The topological polar surface area (TPSA) is 108 Å². The number of aryl methyl sites for hydroxylation is 1. The van der Waals surface area contributed by atoms with Crippen LogP contribution < -0.4 is 4.90 Å². The number of nitrogens with zero attached hydrogens (tertiary/aromatic N) is 4. The molecule has 0 radical (unpaired) electrons. The number of benzene rings is 2. The fourth-order valence-electron chi connectivity index (χ4n) is 4.89. The Hall–Kier alpha value is -4.57. The van der Waals surface area contributed by atoms with E-state index in [2.05, 4.69) is 31.2 Å². The summed E-state index contributed by atoms with van der Waals surface area (Å²) in [7, 11) is 0.785. The zero-order valence-corrected chi connectivity index (χ0v) is 23.1. The van der Waals surface area contributed by atoms with Crippen LogP contribution in [0, 0.1) is 5.82 Å². The van der Waals surface area contributed by atoms with Gasteiger partial charge in [-0.05, 0) is 59.5 Å². The fourth-order valence-corrected chi connectivity index (χ4v) is 5.49. The molecule has 0 saturated heterocycles. The van der Waals surface area contributed by atoms with Crippen molar-refractivity contribution in [1.82, 2.24) is 25.1 Å². The maximum absolute atomic E-state index is 14.6. The van der Waals surface area contributed by atoms with Crippen molar-refractivity contribution in [2.75, 3.05) is 31.0 Å². The van der Waals surface area contributed by atoms with Crippen LogP contribution in [0.3, 0.4) is 0 Å². The molecule has 4 aromatic heterocycles. The molecule has 0 atom stereocenters. The van der Waals surface area contributed by atoms with Gasteiger partial charge in [-0.2, -0.15) is 5.10 Å². The summed E-state index contributed by atoms with van der Waals surface area (Å²) in [5, 5.41) is 9.30. The fraction of sp³-hybridized carbons (Fsp3) is 0.167. The van der Waals surface area contributed by atoms with Crippen LogP contribution in [-0.4, -0.2) is 59.7 Å². The van der Waals surface area contributed by atoms with E-state index in [9.17, 15) is 12.8 Å². The summed E-state index contributed by atoms with van der Waals surface area (Å²) in [6.45, 7) is 0.